The summed E-state index contributed by atoms with van der Waals surface area (Å²) < 4.78 is 0. The molecule has 2 heterocycles. The Bertz CT molecular complexity index is 583. The van der Waals surface area contributed by atoms with Crippen molar-refractivity contribution in [1.82, 2.24) is 5.01 Å². The van der Waals surface area contributed by atoms with Crippen molar-refractivity contribution in [2.24, 2.45) is 5.10 Å². The van der Waals surface area contributed by atoms with Crippen molar-refractivity contribution in [2.75, 3.05) is 5.75 Å². The van der Waals surface area contributed by atoms with Crippen LogP contribution in [0.3, 0.4) is 0 Å². The molecule has 21 heavy (non-hydrogen) atoms. The highest BCUT2D eigenvalue weighted by Crippen LogP contribution is 2.24. The van der Waals surface area contributed by atoms with E-state index in [2.05, 4.69) is 5.10 Å². The third-order valence-electron chi connectivity index (χ3n) is 2.88. The quantitative estimate of drug-likeness (QED) is 0.891. The van der Waals surface area contributed by atoms with Gasteiger partial charge in [-0.25, -0.2) is 9.80 Å². The molecule has 0 saturated heterocycles. The predicted octanol–water partition coefficient (Wildman–Crippen LogP) is 1.81. The van der Waals surface area contributed by atoms with Crippen LogP contribution in [0.5, 0.6) is 0 Å². The maximum atomic E-state index is 12.1. The van der Waals surface area contributed by atoms with E-state index >= 15 is 0 Å². The molecule has 0 saturated carbocycles. The standard InChI is InChI=1S/C13H14N2O4S2/c1-8(16)20-6-4-12(17)15-10(13(18)19)7-9(14-15)11-3-2-5-21-11/h2-3,5,10H,4,6-7H2,1H3,(H,18,19). The van der Waals surface area contributed by atoms with Gasteiger partial charge in [-0.1, -0.05) is 17.8 Å². The fourth-order valence-electron chi connectivity index (χ4n) is 1.92. The highest BCUT2D eigenvalue weighted by molar-refractivity contribution is 8.13. The molecule has 0 spiro atoms. The maximum Gasteiger partial charge on any atom is 0.329 e. The van der Waals surface area contributed by atoms with E-state index in [0.29, 0.717) is 11.5 Å². The number of amides is 1. The van der Waals surface area contributed by atoms with Crippen LogP contribution in [0.15, 0.2) is 22.6 Å². The Labute approximate surface area is 129 Å². The second kappa shape index (κ2) is 6.86. The molecule has 1 unspecified atom stereocenters. The first-order valence-corrected chi connectivity index (χ1v) is 8.15. The minimum Gasteiger partial charge on any atom is -0.480 e. The van der Waals surface area contributed by atoms with Gasteiger partial charge in [-0.3, -0.25) is 9.59 Å². The first kappa shape index (κ1) is 15.7. The highest BCUT2D eigenvalue weighted by Gasteiger charge is 2.36. The number of carbonyl (C=O) groups is 3. The Morgan fingerprint density at radius 1 is 1.52 bits per heavy atom. The topological polar surface area (TPSA) is 87.0 Å². The fourth-order valence-corrected chi connectivity index (χ4v) is 3.21. The van der Waals surface area contributed by atoms with Crippen molar-refractivity contribution < 1.29 is 19.5 Å². The molecule has 1 amide bonds. The van der Waals surface area contributed by atoms with E-state index in [1.54, 1.807) is 0 Å². The van der Waals surface area contributed by atoms with Crippen LogP contribution in [0.2, 0.25) is 0 Å². The molecule has 0 aliphatic carbocycles. The van der Waals surface area contributed by atoms with E-state index in [9.17, 15) is 19.5 Å². The van der Waals surface area contributed by atoms with Gasteiger partial charge in [0.25, 0.3) is 0 Å². The van der Waals surface area contributed by atoms with Crippen LogP contribution >= 0.6 is 23.1 Å². The van der Waals surface area contributed by atoms with Gasteiger partial charge in [0.2, 0.25) is 5.91 Å². The summed E-state index contributed by atoms with van der Waals surface area (Å²) in [6.07, 6.45) is 0.302. The number of carbonyl (C=O) groups excluding carboxylic acids is 2. The molecule has 0 fully saturated rings. The molecule has 0 bridgehead atoms. The number of hydrazone groups is 1. The third-order valence-corrected chi connectivity index (χ3v) is 4.61. The predicted molar refractivity (Wildman–Crippen MR) is 81.5 cm³/mol. The van der Waals surface area contributed by atoms with E-state index in [1.807, 2.05) is 17.5 Å². The Balaban J connectivity index is 2.08. The molecule has 1 aliphatic rings. The molecule has 1 atom stereocenters. The van der Waals surface area contributed by atoms with Crippen LogP contribution in [-0.2, 0) is 14.4 Å². The Morgan fingerprint density at radius 3 is 2.86 bits per heavy atom. The summed E-state index contributed by atoms with van der Waals surface area (Å²) in [7, 11) is 0. The second-order valence-electron chi connectivity index (χ2n) is 4.41. The monoisotopic (exact) mass is 326 g/mol. The average Bonchev–Trinajstić information content (AvgIpc) is 3.07. The van der Waals surface area contributed by atoms with Crippen LogP contribution < -0.4 is 0 Å². The summed E-state index contributed by atoms with van der Waals surface area (Å²) in [6.45, 7) is 1.43. The lowest BCUT2D eigenvalue weighted by Gasteiger charge is -2.17. The van der Waals surface area contributed by atoms with Gasteiger partial charge >= 0.3 is 5.97 Å². The zero-order valence-corrected chi connectivity index (χ0v) is 12.9. The molecule has 8 heteroatoms. The highest BCUT2D eigenvalue weighted by atomic mass is 32.2. The summed E-state index contributed by atoms with van der Waals surface area (Å²) in [5.74, 6) is -1.11. The molecule has 6 nitrogen and oxygen atoms in total. The van der Waals surface area contributed by atoms with Gasteiger partial charge in [-0.05, 0) is 11.4 Å². The van der Waals surface area contributed by atoms with Gasteiger partial charge in [-0.15, -0.1) is 11.3 Å². The molecule has 2 rings (SSSR count). The van der Waals surface area contributed by atoms with Gasteiger partial charge in [0.15, 0.2) is 11.2 Å². The smallest absolute Gasteiger partial charge is 0.329 e. The van der Waals surface area contributed by atoms with Crippen molar-refractivity contribution in [3.05, 3.63) is 22.4 Å². The summed E-state index contributed by atoms with van der Waals surface area (Å²) in [5, 5.41) is 16.3. The third kappa shape index (κ3) is 3.92. The molecular weight excluding hydrogens is 312 g/mol. The van der Waals surface area contributed by atoms with Gasteiger partial charge in [0.05, 0.1) is 10.6 Å². The number of aliphatic carboxylic acids is 1. The Kier molecular flexibility index (Phi) is 5.13. The largest absolute Gasteiger partial charge is 0.480 e. The lowest BCUT2D eigenvalue weighted by Crippen LogP contribution is -2.38. The average molecular weight is 326 g/mol. The second-order valence-corrected chi connectivity index (χ2v) is 6.63. The minimum absolute atomic E-state index is 0.0678. The van der Waals surface area contributed by atoms with E-state index in [-0.39, 0.29) is 23.9 Å². The Hall–Kier alpha value is -1.67. The molecule has 1 N–H and O–H groups in total. The van der Waals surface area contributed by atoms with Crippen LogP contribution in [0.4, 0.5) is 0 Å². The number of hydrogen-bond donors (Lipinski definition) is 1. The first-order chi connectivity index (χ1) is 9.99. The summed E-state index contributed by atoms with van der Waals surface area (Å²) >= 11 is 2.51. The molecular formula is C13H14N2O4S2. The molecule has 0 aromatic carbocycles. The van der Waals surface area contributed by atoms with E-state index in [4.69, 9.17) is 0 Å². The SMILES string of the molecule is CC(=O)SCCC(=O)N1N=C(c2cccs2)CC1C(=O)O. The fraction of sp³-hybridized carbons (Fsp3) is 0.385. The molecule has 1 aromatic heterocycles. The normalized spacial score (nSPS) is 17.7. The van der Waals surface area contributed by atoms with Gasteiger partial charge in [0, 0.05) is 25.5 Å². The van der Waals surface area contributed by atoms with Gasteiger partial charge < -0.3 is 5.11 Å². The number of carboxylic acids is 1. The van der Waals surface area contributed by atoms with Crippen molar-refractivity contribution in [3.8, 4) is 0 Å². The molecule has 1 aromatic rings. The molecule has 1 aliphatic heterocycles. The van der Waals surface area contributed by atoms with Crippen molar-refractivity contribution in [2.45, 2.75) is 25.8 Å². The summed E-state index contributed by atoms with van der Waals surface area (Å²) in [5.41, 5.74) is 0.616. The van der Waals surface area contributed by atoms with Gasteiger partial charge in [0.1, 0.15) is 0 Å². The summed E-state index contributed by atoms with van der Waals surface area (Å²) in [4.78, 5) is 35.1. The first-order valence-electron chi connectivity index (χ1n) is 6.28. The van der Waals surface area contributed by atoms with E-state index < -0.39 is 12.0 Å². The van der Waals surface area contributed by atoms with Crippen LogP contribution in [0.25, 0.3) is 0 Å². The van der Waals surface area contributed by atoms with Crippen molar-refractivity contribution in [3.63, 3.8) is 0 Å². The molecule has 112 valence electrons. The van der Waals surface area contributed by atoms with Crippen LogP contribution in [0.1, 0.15) is 24.6 Å². The summed E-state index contributed by atoms with van der Waals surface area (Å²) in [6, 6.07) is 2.74. The number of carboxylic acid groups (broad SMARTS) is 1. The van der Waals surface area contributed by atoms with Crippen LogP contribution in [-0.4, -0.2) is 44.6 Å². The molecule has 0 radical (unpaired) electrons. The maximum absolute atomic E-state index is 12.1. The van der Waals surface area contributed by atoms with Gasteiger partial charge in [-0.2, -0.15) is 5.10 Å². The van der Waals surface area contributed by atoms with Crippen LogP contribution in [0, 0.1) is 0 Å². The van der Waals surface area contributed by atoms with E-state index in [0.717, 1.165) is 21.6 Å². The number of rotatable bonds is 5. The van der Waals surface area contributed by atoms with Crippen molar-refractivity contribution >= 4 is 45.8 Å². The number of hydrogen-bond acceptors (Lipinski definition) is 6. The van der Waals surface area contributed by atoms with Crippen molar-refractivity contribution in [1.29, 1.82) is 0 Å². The van der Waals surface area contributed by atoms with E-state index in [1.165, 1.54) is 18.3 Å². The number of thioether (sulfide) groups is 1. The lowest BCUT2D eigenvalue weighted by atomic mass is 10.1. The zero-order chi connectivity index (χ0) is 15.4. The number of nitrogens with zero attached hydrogens (tertiary/aromatic N) is 2. The number of thiophene rings is 1. The zero-order valence-electron chi connectivity index (χ0n) is 11.3. The minimum atomic E-state index is -1.07. The Morgan fingerprint density at radius 2 is 2.29 bits per heavy atom. The lowest BCUT2D eigenvalue weighted by molar-refractivity contribution is -0.148.